The first-order valence-corrected chi connectivity index (χ1v) is 10.4. The monoisotopic (exact) mass is 531 g/mol. The molecule has 2 N–H and O–H groups in total. The van der Waals surface area contributed by atoms with E-state index in [1.807, 2.05) is 0 Å². The van der Waals surface area contributed by atoms with E-state index in [0.717, 1.165) is 17.4 Å². The van der Waals surface area contributed by atoms with E-state index in [1.54, 1.807) is 31.3 Å². The number of halogens is 2. The van der Waals surface area contributed by atoms with E-state index >= 15 is 0 Å². The molecule has 0 bridgehead atoms. The van der Waals surface area contributed by atoms with Crippen molar-refractivity contribution in [3.8, 4) is 0 Å². The zero-order valence-electron chi connectivity index (χ0n) is 14.2. The maximum absolute atomic E-state index is 12.2. The maximum Gasteiger partial charge on any atom is 0.191 e. The van der Waals surface area contributed by atoms with Crippen molar-refractivity contribution in [2.75, 3.05) is 25.9 Å². The SMILES string of the molecule is CCCCCCNC(=NC)NCCS(=O)(=O)c1ccc(Br)cc1.I. The molecule has 0 radical (unpaired) electrons. The number of aliphatic imine (C=N–C) groups is 1. The van der Waals surface area contributed by atoms with Gasteiger partial charge in [-0.15, -0.1) is 24.0 Å². The molecule has 0 saturated carbocycles. The summed E-state index contributed by atoms with van der Waals surface area (Å²) in [5.41, 5.74) is 0. The Morgan fingerprint density at radius 3 is 2.29 bits per heavy atom. The molecular formula is C16H27BrIN3O2S. The molecule has 0 heterocycles. The second kappa shape index (κ2) is 12.9. The van der Waals surface area contributed by atoms with E-state index < -0.39 is 9.84 Å². The summed E-state index contributed by atoms with van der Waals surface area (Å²) in [7, 11) is -1.59. The summed E-state index contributed by atoms with van der Waals surface area (Å²) in [6.45, 7) is 3.35. The van der Waals surface area contributed by atoms with Gasteiger partial charge in [-0.25, -0.2) is 8.42 Å². The molecule has 8 heteroatoms. The number of nitrogens with zero attached hydrogens (tertiary/aromatic N) is 1. The van der Waals surface area contributed by atoms with Crippen LogP contribution in [0.4, 0.5) is 0 Å². The van der Waals surface area contributed by atoms with E-state index in [0.29, 0.717) is 17.4 Å². The zero-order valence-corrected chi connectivity index (χ0v) is 19.0. The molecule has 24 heavy (non-hydrogen) atoms. The fourth-order valence-electron chi connectivity index (χ4n) is 2.04. The van der Waals surface area contributed by atoms with Crippen molar-refractivity contribution in [2.45, 2.75) is 37.5 Å². The van der Waals surface area contributed by atoms with Crippen LogP contribution in [0, 0.1) is 0 Å². The summed E-state index contributed by atoms with van der Waals surface area (Å²) in [5, 5.41) is 6.25. The fourth-order valence-corrected chi connectivity index (χ4v) is 3.46. The highest BCUT2D eigenvalue weighted by atomic mass is 127. The second-order valence-corrected chi connectivity index (χ2v) is 8.28. The maximum atomic E-state index is 12.2. The Bertz CT molecular complexity index is 592. The van der Waals surface area contributed by atoms with Gasteiger partial charge in [-0.2, -0.15) is 0 Å². The second-order valence-electron chi connectivity index (χ2n) is 5.26. The third-order valence-electron chi connectivity index (χ3n) is 3.38. The molecule has 0 spiro atoms. The minimum absolute atomic E-state index is 0. The highest BCUT2D eigenvalue weighted by Gasteiger charge is 2.14. The summed E-state index contributed by atoms with van der Waals surface area (Å²) < 4.78 is 25.3. The van der Waals surface area contributed by atoms with Gasteiger partial charge in [0.15, 0.2) is 15.8 Å². The van der Waals surface area contributed by atoms with Crippen molar-refractivity contribution < 1.29 is 8.42 Å². The first kappa shape index (κ1) is 23.6. The van der Waals surface area contributed by atoms with Crippen LogP contribution in [-0.4, -0.2) is 40.3 Å². The van der Waals surface area contributed by atoms with Gasteiger partial charge in [0, 0.05) is 24.6 Å². The molecule has 0 aliphatic heterocycles. The Kier molecular flexibility index (Phi) is 12.7. The van der Waals surface area contributed by atoms with Gasteiger partial charge >= 0.3 is 0 Å². The molecule has 0 fully saturated rings. The van der Waals surface area contributed by atoms with E-state index in [9.17, 15) is 8.42 Å². The topological polar surface area (TPSA) is 70.6 Å². The molecule has 0 unspecified atom stereocenters. The van der Waals surface area contributed by atoms with Gasteiger partial charge in [0.25, 0.3) is 0 Å². The standard InChI is InChI=1S/C16H26BrN3O2S.HI/c1-3-4-5-6-11-19-16(18-2)20-12-13-23(21,22)15-9-7-14(17)8-10-15;/h7-10H,3-6,11-13H2,1-2H3,(H2,18,19,20);1H. The molecular weight excluding hydrogens is 505 g/mol. The van der Waals surface area contributed by atoms with Crippen molar-refractivity contribution in [3.05, 3.63) is 28.7 Å². The first-order chi connectivity index (χ1) is 11.0. The predicted octanol–water partition coefficient (Wildman–Crippen LogP) is 3.59. The normalized spacial score (nSPS) is 11.7. The van der Waals surface area contributed by atoms with Crippen LogP contribution in [-0.2, 0) is 9.84 Å². The van der Waals surface area contributed by atoms with Crippen LogP contribution >= 0.6 is 39.9 Å². The Balaban J connectivity index is 0.00000529. The molecule has 138 valence electrons. The number of hydrogen-bond donors (Lipinski definition) is 2. The minimum Gasteiger partial charge on any atom is -0.356 e. The van der Waals surface area contributed by atoms with Crippen molar-refractivity contribution in [2.24, 2.45) is 4.99 Å². The number of hydrogen-bond acceptors (Lipinski definition) is 3. The lowest BCUT2D eigenvalue weighted by atomic mass is 10.2. The van der Waals surface area contributed by atoms with E-state index in [4.69, 9.17) is 0 Å². The van der Waals surface area contributed by atoms with Crippen LogP contribution in [0.2, 0.25) is 0 Å². The van der Waals surface area contributed by atoms with Gasteiger partial charge in [0.05, 0.1) is 10.6 Å². The number of guanidine groups is 1. The summed E-state index contributed by atoms with van der Waals surface area (Å²) >= 11 is 3.30. The van der Waals surface area contributed by atoms with Gasteiger partial charge in [-0.05, 0) is 30.7 Å². The largest absolute Gasteiger partial charge is 0.356 e. The van der Waals surface area contributed by atoms with Crippen molar-refractivity contribution >= 4 is 55.7 Å². The smallest absolute Gasteiger partial charge is 0.191 e. The van der Waals surface area contributed by atoms with Crippen LogP contribution in [0.15, 0.2) is 38.6 Å². The first-order valence-electron chi connectivity index (χ1n) is 7.92. The summed E-state index contributed by atoms with van der Waals surface area (Å²) in [4.78, 5) is 4.44. The lowest BCUT2D eigenvalue weighted by Gasteiger charge is -2.12. The molecule has 0 aliphatic carbocycles. The highest BCUT2D eigenvalue weighted by Crippen LogP contribution is 2.15. The number of unbranched alkanes of at least 4 members (excludes halogenated alkanes) is 3. The average Bonchev–Trinajstić information content (AvgIpc) is 2.53. The number of nitrogens with one attached hydrogen (secondary N) is 2. The van der Waals surface area contributed by atoms with E-state index in [-0.39, 0.29) is 29.7 Å². The minimum atomic E-state index is -3.28. The highest BCUT2D eigenvalue weighted by molar-refractivity contribution is 14.0. The molecule has 0 aliphatic rings. The molecule has 1 rings (SSSR count). The van der Waals surface area contributed by atoms with Crippen LogP contribution < -0.4 is 10.6 Å². The molecule has 1 aromatic rings. The van der Waals surface area contributed by atoms with E-state index in [1.165, 1.54) is 19.3 Å². The Hall–Kier alpha value is -0.350. The molecule has 1 aromatic carbocycles. The van der Waals surface area contributed by atoms with Gasteiger partial charge in [0.1, 0.15) is 0 Å². The van der Waals surface area contributed by atoms with Crippen LogP contribution in [0.1, 0.15) is 32.6 Å². The average molecular weight is 532 g/mol. The van der Waals surface area contributed by atoms with E-state index in [2.05, 4.69) is 38.5 Å². The van der Waals surface area contributed by atoms with Crippen molar-refractivity contribution in [3.63, 3.8) is 0 Å². The Morgan fingerprint density at radius 2 is 1.71 bits per heavy atom. The third kappa shape index (κ3) is 9.22. The van der Waals surface area contributed by atoms with Gasteiger partial charge in [-0.3, -0.25) is 4.99 Å². The number of benzene rings is 1. The number of sulfone groups is 1. The van der Waals surface area contributed by atoms with Crippen LogP contribution in [0.5, 0.6) is 0 Å². The van der Waals surface area contributed by atoms with Crippen LogP contribution in [0.3, 0.4) is 0 Å². The molecule has 0 saturated heterocycles. The summed E-state index contributed by atoms with van der Waals surface area (Å²) in [5.74, 6) is 0.679. The lowest BCUT2D eigenvalue weighted by Crippen LogP contribution is -2.39. The molecule has 0 amide bonds. The molecule has 0 atom stereocenters. The predicted molar refractivity (Wildman–Crippen MR) is 115 cm³/mol. The Morgan fingerprint density at radius 1 is 1.08 bits per heavy atom. The lowest BCUT2D eigenvalue weighted by molar-refractivity contribution is 0.594. The van der Waals surface area contributed by atoms with Gasteiger partial charge < -0.3 is 10.6 Å². The van der Waals surface area contributed by atoms with Gasteiger partial charge in [0.2, 0.25) is 0 Å². The van der Waals surface area contributed by atoms with Gasteiger partial charge in [-0.1, -0.05) is 42.1 Å². The van der Waals surface area contributed by atoms with Crippen molar-refractivity contribution in [1.29, 1.82) is 0 Å². The van der Waals surface area contributed by atoms with Crippen molar-refractivity contribution in [1.82, 2.24) is 10.6 Å². The summed E-state index contributed by atoms with van der Waals surface area (Å²) in [6.07, 6.45) is 4.73. The number of rotatable bonds is 9. The Labute approximate surface area is 171 Å². The molecule has 0 aromatic heterocycles. The fraction of sp³-hybridized carbons (Fsp3) is 0.562. The third-order valence-corrected chi connectivity index (χ3v) is 5.64. The molecule has 5 nitrogen and oxygen atoms in total. The zero-order chi connectivity index (χ0) is 17.1. The summed E-state index contributed by atoms with van der Waals surface area (Å²) in [6, 6.07) is 6.69. The quantitative estimate of drug-likeness (QED) is 0.221. The van der Waals surface area contributed by atoms with Crippen LogP contribution in [0.25, 0.3) is 0 Å².